The summed E-state index contributed by atoms with van der Waals surface area (Å²) in [5.41, 5.74) is 5.41. The fourth-order valence-electron chi connectivity index (χ4n) is 6.87. The lowest BCUT2D eigenvalue weighted by Gasteiger charge is -2.39. The molecule has 2 aliphatic heterocycles. The number of hydrogen-bond donors (Lipinski definition) is 2. The molecule has 0 atom stereocenters. The molecule has 2 fully saturated rings. The Morgan fingerprint density at radius 1 is 1.02 bits per heavy atom. The topological polar surface area (TPSA) is 139 Å². The van der Waals surface area contributed by atoms with Gasteiger partial charge in [0, 0.05) is 54.8 Å². The second-order valence-corrected chi connectivity index (χ2v) is 14.8. The van der Waals surface area contributed by atoms with E-state index in [9.17, 15) is 22.8 Å². The highest BCUT2D eigenvalue weighted by Crippen LogP contribution is 2.47. The van der Waals surface area contributed by atoms with Gasteiger partial charge in [-0.25, -0.2) is 9.52 Å². The van der Waals surface area contributed by atoms with Gasteiger partial charge in [0.15, 0.2) is 0 Å². The summed E-state index contributed by atoms with van der Waals surface area (Å²) < 4.78 is 40.8. The zero-order valence-corrected chi connectivity index (χ0v) is 28.5. The molecule has 1 aromatic heterocycles. The van der Waals surface area contributed by atoms with Crippen LogP contribution in [0.5, 0.6) is 5.75 Å². The number of ether oxygens (including phenoxy) is 2. The van der Waals surface area contributed by atoms with E-state index in [1.165, 1.54) is 26.1 Å². The summed E-state index contributed by atoms with van der Waals surface area (Å²) in [6.45, 7) is 6.04. The quantitative estimate of drug-likeness (QED) is 0.328. The number of methoxy groups -OCH3 is 1. The number of hydrogen-bond acceptors (Lipinski definition) is 7. The van der Waals surface area contributed by atoms with Crippen molar-refractivity contribution in [3.8, 4) is 17.0 Å². The Morgan fingerprint density at radius 2 is 1.75 bits per heavy atom. The monoisotopic (exact) mass is 675 g/mol. The average Bonchev–Trinajstić information content (AvgIpc) is 3.24. The molecule has 2 aromatic carbocycles. The SMILES string of the molecule is C=C(C)OC(=O)NC1CN(C(=O)C2=Cc3cc(OC)ccc3-c3c(C4CCCCC4)c4ccc(C(=O)NS(=O)(=O)N(C)C)cc4n3C2)C1. The summed E-state index contributed by atoms with van der Waals surface area (Å²) in [7, 11) is 0.299. The molecule has 2 N–H and O–H groups in total. The van der Waals surface area contributed by atoms with Crippen molar-refractivity contribution in [2.24, 2.45) is 0 Å². The molecule has 12 nitrogen and oxygen atoms in total. The van der Waals surface area contributed by atoms with Crippen molar-refractivity contribution in [3.05, 3.63) is 71.0 Å². The van der Waals surface area contributed by atoms with Crippen molar-refractivity contribution in [1.29, 1.82) is 0 Å². The first-order valence-corrected chi connectivity index (χ1v) is 17.5. The average molecular weight is 676 g/mol. The lowest BCUT2D eigenvalue weighted by molar-refractivity contribution is -0.131. The number of likely N-dealkylation sites (tertiary alicyclic amines) is 1. The first-order valence-electron chi connectivity index (χ1n) is 16.1. The van der Waals surface area contributed by atoms with Crippen molar-refractivity contribution in [1.82, 2.24) is 23.8 Å². The van der Waals surface area contributed by atoms with Crippen LogP contribution in [0.2, 0.25) is 0 Å². The van der Waals surface area contributed by atoms with Crippen LogP contribution in [0.3, 0.4) is 0 Å². The Morgan fingerprint density at radius 3 is 2.42 bits per heavy atom. The maximum absolute atomic E-state index is 14.1. The fourth-order valence-corrected chi connectivity index (χ4v) is 7.41. The minimum atomic E-state index is -4.01. The Bertz CT molecular complexity index is 1950. The molecule has 1 saturated carbocycles. The molecule has 13 heteroatoms. The molecule has 6 rings (SSSR count). The Kier molecular flexibility index (Phi) is 9.10. The molecule has 3 amide bonds. The van der Waals surface area contributed by atoms with Crippen LogP contribution >= 0.6 is 0 Å². The van der Waals surface area contributed by atoms with Gasteiger partial charge in [-0.15, -0.1) is 0 Å². The van der Waals surface area contributed by atoms with E-state index < -0.39 is 22.2 Å². The van der Waals surface area contributed by atoms with Crippen LogP contribution in [0.1, 0.15) is 66.4 Å². The van der Waals surface area contributed by atoms with E-state index in [2.05, 4.69) is 21.2 Å². The third-order valence-electron chi connectivity index (χ3n) is 9.29. The maximum Gasteiger partial charge on any atom is 0.412 e. The molecule has 0 spiro atoms. The number of aromatic nitrogens is 1. The zero-order chi connectivity index (χ0) is 34.3. The van der Waals surface area contributed by atoms with Gasteiger partial charge >= 0.3 is 16.3 Å². The minimum absolute atomic E-state index is 0.171. The van der Waals surface area contributed by atoms with Crippen LogP contribution in [0.25, 0.3) is 28.2 Å². The minimum Gasteiger partial charge on any atom is -0.497 e. The molecule has 0 radical (unpaired) electrons. The van der Waals surface area contributed by atoms with E-state index in [0.717, 1.165) is 57.7 Å². The van der Waals surface area contributed by atoms with Crippen molar-refractivity contribution in [2.45, 2.75) is 57.5 Å². The standard InChI is InChI=1S/C35H41N5O7S/c1-21(2)47-35(43)36-26-19-39(20-26)34(42)25-15-24-16-27(46-5)12-14-28(24)32-31(22-9-7-6-8-10-22)29-13-11-23(17-30(29)40(32)18-25)33(41)37-48(44,45)38(3)4/h11-17,22,26H,1,6-10,18-20H2,2-5H3,(H,36,43)(H,37,41). The number of nitrogens with one attached hydrogen (secondary N) is 2. The smallest absolute Gasteiger partial charge is 0.412 e. The number of carbonyl (C=O) groups is 3. The molecular formula is C35H41N5O7S. The van der Waals surface area contributed by atoms with Crippen LogP contribution < -0.4 is 14.8 Å². The van der Waals surface area contributed by atoms with Gasteiger partial charge in [-0.2, -0.15) is 12.7 Å². The van der Waals surface area contributed by atoms with E-state index in [1.54, 1.807) is 31.1 Å². The Hall–Kier alpha value is -4.62. The summed E-state index contributed by atoms with van der Waals surface area (Å²) in [6.07, 6.45) is 6.75. The highest BCUT2D eigenvalue weighted by Gasteiger charge is 2.36. The van der Waals surface area contributed by atoms with Gasteiger partial charge in [-0.05, 0) is 73.2 Å². The Labute approximate surface area is 280 Å². The van der Waals surface area contributed by atoms with Gasteiger partial charge in [0.25, 0.3) is 11.8 Å². The summed E-state index contributed by atoms with van der Waals surface area (Å²) in [5, 5.41) is 3.73. The molecule has 3 aromatic rings. The van der Waals surface area contributed by atoms with Crippen molar-refractivity contribution in [2.75, 3.05) is 34.3 Å². The first kappa shape index (κ1) is 33.3. The third-order valence-corrected chi connectivity index (χ3v) is 10.7. The van der Waals surface area contributed by atoms with Crippen molar-refractivity contribution < 1.29 is 32.3 Å². The van der Waals surface area contributed by atoms with Gasteiger partial charge < -0.3 is 24.3 Å². The number of allylic oxidation sites excluding steroid dienone is 1. The van der Waals surface area contributed by atoms with E-state index >= 15 is 0 Å². The van der Waals surface area contributed by atoms with Gasteiger partial charge in [0.2, 0.25) is 0 Å². The maximum atomic E-state index is 14.1. The number of alkyl carbamates (subject to hydrolysis) is 1. The van der Waals surface area contributed by atoms with E-state index in [4.69, 9.17) is 9.47 Å². The number of carbonyl (C=O) groups excluding carboxylic acids is 3. The van der Waals surface area contributed by atoms with Crippen molar-refractivity contribution in [3.63, 3.8) is 0 Å². The normalized spacial score (nSPS) is 16.7. The molecular weight excluding hydrogens is 634 g/mol. The van der Waals surface area contributed by atoms with E-state index in [-0.39, 0.29) is 35.7 Å². The van der Waals surface area contributed by atoms with Crippen LogP contribution in [0.4, 0.5) is 4.79 Å². The number of rotatable bonds is 8. The summed E-state index contributed by atoms with van der Waals surface area (Å²) in [6, 6.07) is 10.9. The fraction of sp³-hybridized carbons (Fsp3) is 0.400. The van der Waals surface area contributed by atoms with Crippen LogP contribution in [0.15, 0.2) is 54.3 Å². The lowest BCUT2D eigenvalue weighted by atomic mass is 9.81. The predicted octanol–water partition coefficient (Wildman–Crippen LogP) is 4.77. The number of fused-ring (bicyclic) bond motifs is 5. The molecule has 3 heterocycles. The van der Waals surface area contributed by atoms with Gasteiger partial charge in [0.05, 0.1) is 31.1 Å². The molecule has 1 saturated heterocycles. The van der Waals surface area contributed by atoms with Crippen LogP contribution in [0, 0.1) is 0 Å². The molecule has 0 unspecified atom stereocenters. The van der Waals surface area contributed by atoms with Crippen LogP contribution in [-0.2, 0) is 26.3 Å². The highest BCUT2D eigenvalue weighted by atomic mass is 32.2. The largest absolute Gasteiger partial charge is 0.497 e. The second kappa shape index (κ2) is 13.1. The van der Waals surface area contributed by atoms with Crippen LogP contribution in [-0.4, -0.2) is 80.4 Å². The summed E-state index contributed by atoms with van der Waals surface area (Å²) >= 11 is 0. The molecule has 48 heavy (non-hydrogen) atoms. The third kappa shape index (κ3) is 6.44. The van der Waals surface area contributed by atoms with Gasteiger partial charge in [0.1, 0.15) is 5.75 Å². The predicted molar refractivity (Wildman–Crippen MR) is 183 cm³/mol. The second-order valence-electron chi connectivity index (χ2n) is 12.9. The summed E-state index contributed by atoms with van der Waals surface area (Å²) in [4.78, 5) is 41.1. The highest BCUT2D eigenvalue weighted by molar-refractivity contribution is 7.87. The van der Waals surface area contributed by atoms with E-state index in [0.29, 0.717) is 24.4 Å². The zero-order valence-electron chi connectivity index (χ0n) is 27.7. The molecule has 254 valence electrons. The van der Waals surface area contributed by atoms with Gasteiger partial charge in [-0.1, -0.05) is 31.9 Å². The van der Waals surface area contributed by atoms with E-state index in [1.807, 2.05) is 30.3 Å². The molecule has 3 aliphatic rings. The summed E-state index contributed by atoms with van der Waals surface area (Å²) in [5.74, 6) is 0.301. The molecule has 0 bridgehead atoms. The number of nitrogens with zero attached hydrogens (tertiary/aromatic N) is 3. The first-order chi connectivity index (χ1) is 22.9. The number of benzene rings is 2. The van der Waals surface area contributed by atoms with Crippen molar-refractivity contribution >= 4 is 45.1 Å². The Balaban J connectivity index is 1.44. The van der Waals surface area contributed by atoms with Gasteiger partial charge in [-0.3, -0.25) is 9.59 Å². The lowest BCUT2D eigenvalue weighted by Crippen LogP contribution is -2.61. The number of amides is 3. The molecule has 1 aliphatic carbocycles.